The first-order valence-corrected chi connectivity index (χ1v) is 8.43. The number of aromatic nitrogens is 2. The lowest BCUT2D eigenvalue weighted by Crippen LogP contribution is -2.14. The molecule has 0 amide bonds. The monoisotopic (exact) mass is 360 g/mol. The van der Waals surface area contributed by atoms with Crippen molar-refractivity contribution in [2.45, 2.75) is 13.1 Å². The molecule has 0 fully saturated rings. The van der Waals surface area contributed by atoms with E-state index in [1.807, 2.05) is 36.4 Å². The molecule has 0 atom stereocenters. The molecule has 6 heteroatoms. The minimum Gasteiger partial charge on any atom is -0.383 e. The lowest BCUT2D eigenvalue weighted by molar-refractivity contribution is 0.687. The van der Waals surface area contributed by atoms with Gasteiger partial charge in [0, 0.05) is 35.9 Å². The van der Waals surface area contributed by atoms with Gasteiger partial charge in [-0.05, 0) is 30.3 Å². The molecular formula is C18H18Cl2N4. The zero-order valence-corrected chi connectivity index (χ0v) is 14.6. The minimum absolute atomic E-state index is 0.389. The van der Waals surface area contributed by atoms with Crippen molar-refractivity contribution in [3.63, 3.8) is 0 Å². The molecule has 24 heavy (non-hydrogen) atoms. The summed E-state index contributed by atoms with van der Waals surface area (Å²) in [6.07, 6.45) is 1.80. The van der Waals surface area contributed by atoms with Crippen LogP contribution in [0, 0.1) is 0 Å². The summed E-state index contributed by atoms with van der Waals surface area (Å²) >= 11 is 12.3. The van der Waals surface area contributed by atoms with Crippen LogP contribution < -0.4 is 11.1 Å². The Labute approximate surface area is 151 Å². The summed E-state index contributed by atoms with van der Waals surface area (Å²) in [4.78, 5) is 4.50. The van der Waals surface area contributed by atoms with Gasteiger partial charge in [-0.3, -0.25) is 0 Å². The van der Waals surface area contributed by atoms with Crippen molar-refractivity contribution >= 4 is 28.9 Å². The SMILES string of the molecule is NCc1c(-c2ccc(Cl)cc2Cl)ncn1CCNc1ccccc1. The first kappa shape index (κ1) is 16.8. The average molecular weight is 361 g/mol. The molecule has 0 spiro atoms. The Morgan fingerprint density at radius 3 is 2.58 bits per heavy atom. The van der Waals surface area contributed by atoms with Gasteiger partial charge in [0.05, 0.1) is 22.7 Å². The van der Waals surface area contributed by atoms with Crippen LogP contribution >= 0.6 is 23.2 Å². The molecule has 3 rings (SSSR count). The van der Waals surface area contributed by atoms with Crippen LogP contribution in [0.3, 0.4) is 0 Å². The summed E-state index contributed by atoms with van der Waals surface area (Å²) in [7, 11) is 0. The summed E-state index contributed by atoms with van der Waals surface area (Å²) in [6.45, 7) is 1.93. The third-order valence-corrected chi connectivity index (χ3v) is 4.33. The zero-order valence-electron chi connectivity index (χ0n) is 13.0. The van der Waals surface area contributed by atoms with E-state index in [-0.39, 0.29) is 0 Å². The Kier molecular flexibility index (Phi) is 5.41. The predicted octanol–water partition coefficient (Wildman–Crippen LogP) is 4.43. The van der Waals surface area contributed by atoms with Gasteiger partial charge < -0.3 is 15.6 Å². The van der Waals surface area contributed by atoms with Crippen molar-refractivity contribution in [3.05, 3.63) is 70.6 Å². The highest BCUT2D eigenvalue weighted by Crippen LogP contribution is 2.31. The summed E-state index contributed by atoms with van der Waals surface area (Å²) in [5, 5.41) is 4.55. The zero-order chi connectivity index (χ0) is 16.9. The Hall–Kier alpha value is -2.01. The first-order valence-electron chi connectivity index (χ1n) is 7.67. The lowest BCUT2D eigenvalue weighted by Gasteiger charge is -2.11. The molecule has 0 aliphatic carbocycles. The maximum Gasteiger partial charge on any atom is 0.0957 e. The second-order valence-corrected chi connectivity index (χ2v) is 6.20. The van der Waals surface area contributed by atoms with Gasteiger partial charge in [-0.2, -0.15) is 0 Å². The van der Waals surface area contributed by atoms with E-state index in [1.165, 1.54) is 0 Å². The second-order valence-electron chi connectivity index (χ2n) is 5.35. The maximum absolute atomic E-state index is 6.30. The molecule has 0 saturated heterocycles. The quantitative estimate of drug-likeness (QED) is 0.683. The van der Waals surface area contributed by atoms with Gasteiger partial charge in [-0.1, -0.05) is 41.4 Å². The summed E-state index contributed by atoms with van der Waals surface area (Å²) in [5.41, 5.74) is 9.64. The molecule has 0 saturated carbocycles. The summed E-state index contributed by atoms with van der Waals surface area (Å²) in [5.74, 6) is 0. The van der Waals surface area contributed by atoms with Crippen molar-refractivity contribution in [3.8, 4) is 11.3 Å². The number of nitrogens with zero attached hydrogens (tertiary/aromatic N) is 2. The molecule has 0 bridgehead atoms. The third-order valence-electron chi connectivity index (χ3n) is 3.78. The number of para-hydroxylation sites is 1. The van der Waals surface area contributed by atoms with Crippen LogP contribution in [0.4, 0.5) is 5.69 Å². The third kappa shape index (κ3) is 3.73. The van der Waals surface area contributed by atoms with Crippen LogP contribution in [-0.2, 0) is 13.1 Å². The first-order chi connectivity index (χ1) is 11.7. The Balaban J connectivity index is 1.77. The Bertz CT molecular complexity index is 815. The number of rotatable bonds is 6. The number of hydrogen-bond acceptors (Lipinski definition) is 3. The van der Waals surface area contributed by atoms with Crippen molar-refractivity contribution in [2.24, 2.45) is 5.73 Å². The molecule has 1 heterocycles. The molecule has 0 unspecified atom stereocenters. The van der Waals surface area contributed by atoms with Gasteiger partial charge in [0.25, 0.3) is 0 Å². The number of nitrogens with one attached hydrogen (secondary N) is 1. The Morgan fingerprint density at radius 1 is 1.08 bits per heavy atom. The van der Waals surface area contributed by atoms with Gasteiger partial charge in [0.2, 0.25) is 0 Å². The van der Waals surface area contributed by atoms with Crippen molar-refractivity contribution < 1.29 is 0 Å². The molecule has 0 radical (unpaired) electrons. The van der Waals surface area contributed by atoms with Gasteiger partial charge in [0.15, 0.2) is 0 Å². The largest absolute Gasteiger partial charge is 0.383 e. The van der Waals surface area contributed by atoms with E-state index in [4.69, 9.17) is 28.9 Å². The van der Waals surface area contributed by atoms with Gasteiger partial charge in [-0.25, -0.2) is 4.98 Å². The van der Waals surface area contributed by atoms with Crippen LogP contribution in [0.2, 0.25) is 10.0 Å². The molecule has 0 aliphatic rings. The predicted molar refractivity (Wildman–Crippen MR) is 101 cm³/mol. The molecule has 1 aromatic heterocycles. The standard InChI is InChI=1S/C18H18Cl2N4/c19-13-6-7-15(16(20)10-13)18-17(11-21)24(12-23-18)9-8-22-14-4-2-1-3-5-14/h1-7,10,12,22H,8-9,11,21H2. The van der Waals surface area contributed by atoms with E-state index in [0.29, 0.717) is 16.6 Å². The molecule has 3 N–H and O–H groups in total. The molecule has 124 valence electrons. The number of benzene rings is 2. The van der Waals surface area contributed by atoms with Crippen LogP contribution in [-0.4, -0.2) is 16.1 Å². The van der Waals surface area contributed by atoms with Crippen molar-refractivity contribution in [1.29, 1.82) is 0 Å². The minimum atomic E-state index is 0.389. The number of hydrogen-bond donors (Lipinski definition) is 2. The summed E-state index contributed by atoms with van der Waals surface area (Å²) in [6, 6.07) is 15.5. The van der Waals surface area contributed by atoms with Crippen molar-refractivity contribution in [1.82, 2.24) is 9.55 Å². The van der Waals surface area contributed by atoms with E-state index in [0.717, 1.165) is 35.7 Å². The lowest BCUT2D eigenvalue weighted by atomic mass is 10.1. The number of halogens is 2. The number of anilines is 1. The molecule has 0 aliphatic heterocycles. The van der Waals surface area contributed by atoms with E-state index < -0.39 is 0 Å². The topological polar surface area (TPSA) is 55.9 Å². The fraction of sp³-hybridized carbons (Fsp3) is 0.167. The van der Waals surface area contributed by atoms with Gasteiger partial charge >= 0.3 is 0 Å². The van der Waals surface area contributed by atoms with Crippen LogP contribution in [0.25, 0.3) is 11.3 Å². The maximum atomic E-state index is 6.30. The van der Waals surface area contributed by atoms with Crippen LogP contribution in [0.5, 0.6) is 0 Å². The van der Waals surface area contributed by atoms with Gasteiger partial charge in [-0.15, -0.1) is 0 Å². The van der Waals surface area contributed by atoms with E-state index >= 15 is 0 Å². The average Bonchev–Trinajstić information content (AvgIpc) is 2.98. The highest BCUT2D eigenvalue weighted by atomic mass is 35.5. The highest BCUT2D eigenvalue weighted by molar-refractivity contribution is 6.36. The Morgan fingerprint density at radius 2 is 1.88 bits per heavy atom. The number of nitrogens with two attached hydrogens (primary N) is 1. The van der Waals surface area contributed by atoms with E-state index in [9.17, 15) is 0 Å². The van der Waals surface area contributed by atoms with Crippen LogP contribution in [0.15, 0.2) is 54.9 Å². The molecule has 3 aromatic rings. The van der Waals surface area contributed by atoms with Gasteiger partial charge in [0.1, 0.15) is 0 Å². The van der Waals surface area contributed by atoms with E-state index in [1.54, 1.807) is 18.5 Å². The second kappa shape index (κ2) is 7.71. The molecular weight excluding hydrogens is 343 g/mol. The summed E-state index contributed by atoms with van der Waals surface area (Å²) < 4.78 is 2.05. The van der Waals surface area contributed by atoms with E-state index in [2.05, 4.69) is 14.9 Å². The fourth-order valence-electron chi connectivity index (χ4n) is 2.60. The normalized spacial score (nSPS) is 10.8. The number of imidazole rings is 1. The van der Waals surface area contributed by atoms with Crippen LogP contribution in [0.1, 0.15) is 5.69 Å². The molecule has 4 nitrogen and oxygen atoms in total. The highest BCUT2D eigenvalue weighted by Gasteiger charge is 2.14. The van der Waals surface area contributed by atoms with Crippen molar-refractivity contribution in [2.75, 3.05) is 11.9 Å². The smallest absolute Gasteiger partial charge is 0.0957 e. The molecule has 2 aromatic carbocycles. The fourth-order valence-corrected chi connectivity index (χ4v) is 3.10.